The Morgan fingerprint density at radius 3 is 2.54 bits per heavy atom. The number of hydrogen-bond donors (Lipinski definition) is 2. The van der Waals surface area contributed by atoms with E-state index in [1.54, 1.807) is 0 Å². The second-order valence-corrected chi connectivity index (χ2v) is 12.4. The zero-order chi connectivity index (χ0) is 32.9. The molecule has 2 unspecified atom stereocenters. The number of hydrogen-bond acceptors (Lipinski definition) is 10. The summed E-state index contributed by atoms with van der Waals surface area (Å²) in [4.78, 5) is 21.3. The standard InChI is InChI=1S/C27H25ClF2N6O3.C5H10FN/c1-11-10-39-26-20-23(21(30)22(33-26)17-7-15(37)8-18(28)19(17)13-4-5-13)34-27(38-3)35-25(20)36(11)12(2)16-6-14(29)9-32-24(16)31;1-7-3-2-5(6)4-7/h6-9,11-13,37H,4-5,10H2,1-3H3,(H2,31,32);5H,2-4H2,1H3/t11-,12?;/m0./s1. The van der Waals surface area contributed by atoms with E-state index in [1.165, 1.54) is 25.3 Å². The van der Waals surface area contributed by atoms with Crippen LogP contribution in [-0.4, -0.2) is 76.0 Å². The fraction of sp³-hybridized carbons (Fsp3) is 0.438. The van der Waals surface area contributed by atoms with Crippen molar-refractivity contribution in [1.29, 1.82) is 0 Å². The smallest absolute Gasteiger partial charge is 0.318 e. The van der Waals surface area contributed by atoms with Crippen LogP contribution in [0.2, 0.25) is 5.02 Å². The molecule has 3 atom stereocenters. The Morgan fingerprint density at radius 2 is 1.91 bits per heavy atom. The molecule has 0 radical (unpaired) electrons. The third kappa shape index (κ3) is 6.05. The lowest BCUT2D eigenvalue weighted by molar-refractivity contribution is 0.281. The molecule has 3 N–H and O–H groups in total. The Bertz CT molecular complexity index is 1790. The molecule has 244 valence electrons. The van der Waals surface area contributed by atoms with Crippen LogP contribution < -0.4 is 20.1 Å². The summed E-state index contributed by atoms with van der Waals surface area (Å²) in [5, 5.41) is 10.9. The lowest BCUT2D eigenvalue weighted by atomic mass is 9.98. The molecule has 1 aliphatic carbocycles. The van der Waals surface area contributed by atoms with E-state index in [9.17, 15) is 13.9 Å². The molecule has 1 saturated carbocycles. The number of aromatic hydroxyl groups is 1. The fourth-order valence-electron chi connectivity index (χ4n) is 6.14. The number of phenolic OH excluding ortho intramolecular Hbond substituents is 1. The van der Waals surface area contributed by atoms with Gasteiger partial charge in [-0.2, -0.15) is 9.97 Å². The number of nitrogen functional groups attached to an aromatic ring is 1. The minimum Gasteiger partial charge on any atom is -0.508 e. The number of alkyl halides is 1. The summed E-state index contributed by atoms with van der Waals surface area (Å²) >= 11 is 6.49. The SMILES string of the molecule is CN1CCC(F)C1.COc1nc2c3c(nc(-c4cc(O)cc(Cl)c4C4CC4)c(F)c3n1)OC[C@H](C)N2C(C)c1cc(F)cnc1N. The van der Waals surface area contributed by atoms with Crippen LogP contribution in [0.3, 0.4) is 0 Å². The van der Waals surface area contributed by atoms with Gasteiger partial charge >= 0.3 is 6.01 Å². The molecular formula is C32H35ClF3N7O3. The highest BCUT2D eigenvalue weighted by atomic mass is 35.5. The number of benzene rings is 1. The highest BCUT2D eigenvalue weighted by Gasteiger charge is 2.36. The van der Waals surface area contributed by atoms with Gasteiger partial charge in [0.1, 0.15) is 52.6 Å². The van der Waals surface area contributed by atoms with Gasteiger partial charge in [-0.15, -0.1) is 0 Å². The minimum absolute atomic E-state index is 0.0448. The largest absolute Gasteiger partial charge is 0.508 e. The van der Waals surface area contributed by atoms with Crippen molar-refractivity contribution >= 4 is 34.1 Å². The average Bonchev–Trinajstić information content (AvgIpc) is 3.80. The van der Waals surface area contributed by atoms with Crippen molar-refractivity contribution in [2.75, 3.05) is 44.5 Å². The van der Waals surface area contributed by atoms with Gasteiger partial charge in [0.25, 0.3) is 0 Å². The Balaban J connectivity index is 0.000000471. The number of nitrogens with zero attached hydrogens (tertiary/aromatic N) is 6. The first-order chi connectivity index (χ1) is 22.0. The minimum atomic E-state index is -0.739. The van der Waals surface area contributed by atoms with Gasteiger partial charge in [0, 0.05) is 29.2 Å². The van der Waals surface area contributed by atoms with Gasteiger partial charge in [-0.25, -0.2) is 23.1 Å². The number of pyridine rings is 2. The van der Waals surface area contributed by atoms with Crippen LogP contribution in [0.25, 0.3) is 22.2 Å². The molecule has 0 bridgehead atoms. The Kier molecular flexibility index (Phi) is 8.73. The summed E-state index contributed by atoms with van der Waals surface area (Å²) in [7, 11) is 3.33. The normalized spacial score (nSPS) is 20.1. The van der Waals surface area contributed by atoms with Crippen molar-refractivity contribution in [3.05, 3.63) is 52.2 Å². The summed E-state index contributed by atoms with van der Waals surface area (Å²) in [6.07, 6.45) is 3.03. The van der Waals surface area contributed by atoms with Gasteiger partial charge in [0.05, 0.1) is 25.4 Å². The third-order valence-electron chi connectivity index (χ3n) is 8.55. The topological polar surface area (TPSA) is 123 Å². The molecular weight excluding hydrogens is 623 g/mol. The Morgan fingerprint density at radius 1 is 1.15 bits per heavy atom. The molecule has 5 heterocycles. The number of anilines is 2. The fourth-order valence-corrected chi connectivity index (χ4v) is 6.50. The zero-order valence-electron chi connectivity index (χ0n) is 25.9. The molecule has 10 nitrogen and oxygen atoms in total. The van der Waals surface area contributed by atoms with E-state index in [0.29, 0.717) is 28.5 Å². The van der Waals surface area contributed by atoms with Crippen LogP contribution in [0.4, 0.5) is 24.8 Å². The van der Waals surface area contributed by atoms with E-state index in [-0.39, 0.29) is 58.6 Å². The molecule has 1 aromatic carbocycles. The number of rotatable bonds is 5. The molecule has 3 aliphatic rings. The van der Waals surface area contributed by atoms with Crippen molar-refractivity contribution in [3.63, 3.8) is 0 Å². The molecule has 0 spiro atoms. The number of aromatic nitrogens is 4. The third-order valence-corrected chi connectivity index (χ3v) is 8.86. The second kappa shape index (κ2) is 12.6. The highest BCUT2D eigenvalue weighted by Crippen LogP contribution is 2.50. The number of likely N-dealkylation sites (tertiary alicyclic amines) is 1. The first-order valence-corrected chi connectivity index (χ1v) is 15.5. The maximum atomic E-state index is 16.4. The zero-order valence-corrected chi connectivity index (χ0v) is 26.7. The second-order valence-electron chi connectivity index (χ2n) is 12.0. The van der Waals surface area contributed by atoms with E-state index in [1.807, 2.05) is 30.7 Å². The summed E-state index contributed by atoms with van der Waals surface area (Å²) in [6.45, 7) is 5.43. The number of phenols is 1. The van der Waals surface area contributed by atoms with Crippen molar-refractivity contribution in [3.8, 4) is 28.9 Å². The van der Waals surface area contributed by atoms with E-state index >= 15 is 4.39 Å². The molecule has 1 saturated heterocycles. The van der Waals surface area contributed by atoms with Crippen LogP contribution in [0.5, 0.6) is 17.6 Å². The van der Waals surface area contributed by atoms with E-state index < -0.39 is 23.8 Å². The summed E-state index contributed by atoms with van der Waals surface area (Å²) in [6, 6.07) is 3.27. The molecule has 46 heavy (non-hydrogen) atoms. The first kappa shape index (κ1) is 31.9. The van der Waals surface area contributed by atoms with E-state index in [4.69, 9.17) is 26.8 Å². The first-order valence-electron chi connectivity index (χ1n) is 15.1. The maximum absolute atomic E-state index is 16.4. The van der Waals surface area contributed by atoms with E-state index in [2.05, 4.69) is 19.9 Å². The van der Waals surface area contributed by atoms with Gasteiger partial charge in [0.2, 0.25) is 5.88 Å². The number of methoxy groups -OCH3 is 1. The lowest BCUT2D eigenvalue weighted by Gasteiger charge is -2.34. The van der Waals surface area contributed by atoms with Crippen LogP contribution in [0.15, 0.2) is 24.4 Å². The molecule has 2 fully saturated rings. The summed E-state index contributed by atoms with van der Waals surface area (Å²) in [5.41, 5.74) is 7.52. The molecule has 7 rings (SSSR count). The monoisotopic (exact) mass is 657 g/mol. The lowest BCUT2D eigenvalue weighted by Crippen LogP contribution is -2.39. The van der Waals surface area contributed by atoms with Crippen LogP contribution in [0, 0.1) is 11.6 Å². The molecule has 14 heteroatoms. The van der Waals surface area contributed by atoms with Crippen molar-refractivity contribution in [2.24, 2.45) is 0 Å². The Hall–Kier alpha value is -4.10. The number of ether oxygens (including phenoxy) is 2. The average molecular weight is 658 g/mol. The quantitative estimate of drug-likeness (QED) is 0.256. The van der Waals surface area contributed by atoms with Crippen molar-refractivity contribution in [1.82, 2.24) is 24.8 Å². The van der Waals surface area contributed by atoms with E-state index in [0.717, 1.165) is 37.6 Å². The van der Waals surface area contributed by atoms with Crippen molar-refractivity contribution in [2.45, 2.75) is 57.3 Å². The molecule has 2 aliphatic heterocycles. The molecule has 4 aromatic rings. The van der Waals surface area contributed by atoms with Crippen molar-refractivity contribution < 1.29 is 27.8 Å². The predicted molar refractivity (Wildman–Crippen MR) is 169 cm³/mol. The summed E-state index contributed by atoms with van der Waals surface area (Å²) < 4.78 is 54.2. The molecule has 0 amide bonds. The van der Waals surface area contributed by atoms with Gasteiger partial charge in [-0.05, 0) is 69.8 Å². The van der Waals surface area contributed by atoms with Gasteiger partial charge in [-0.3, -0.25) is 0 Å². The summed E-state index contributed by atoms with van der Waals surface area (Å²) in [5.74, 6) is -0.673. The highest BCUT2D eigenvalue weighted by molar-refractivity contribution is 6.32. The molecule has 3 aromatic heterocycles. The predicted octanol–water partition coefficient (Wildman–Crippen LogP) is 6.20. The Labute approximate surface area is 269 Å². The van der Waals surface area contributed by atoms with Gasteiger partial charge in [-0.1, -0.05) is 11.6 Å². The number of nitrogens with two attached hydrogens (primary N) is 1. The maximum Gasteiger partial charge on any atom is 0.318 e. The number of halogens is 4. The van der Waals surface area contributed by atoms with Crippen LogP contribution >= 0.6 is 11.6 Å². The van der Waals surface area contributed by atoms with Gasteiger partial charge < -0.3 is 30.1 Å². The van der Waals surface area contributed by atoms with Gasteiger partial charge in [0.15, 0.2) is 5.82 Å². The van der Waals surface area contributed by atoms with Crippen LogP contribution in [0.1, 0.15) is 56.2 Å². The van der Waals surface area contributed by atoms with Crippen LogP contribution in [-0.2, 0) is 0 Å².